The number of nitrogens with one attached hydrogen (secondary N) is 8. The zero-order valence-electron chi connectivity index (χ0n) is 29.3. The number of rotatable bonds is 18. The van der Waals surface area contributed by atoms with Crippen LogP contribution in [0.25, 0.3) is 11.1 Å². The zero-order chi connectivity index (χ0) is 39.1. The molecule has 3 rings (SSSR count). The first kappa shape index (κ1) is 40.9. The van der Waals surface area contributed by atoms with Gasteiger partial charge in [-0.3, -0.25) is 38.4 Å². The molecule has 0 saturated heterocycles. The molecule has 2 aromatic carbocycles. The first-order valence-electron chi connectivity index (χ1n) is 16.5. The molecule has 0 unspecified atom stereocenters. The second-order valence-corrected chi connectivity index (χ2v) is 11.9. The third-order valence-electron chi connectivity index (χ3n) is 7.79. The molecule has 0 fully saturated rings. The zero-order valence-corrected chi connectivity index (χ0v) is 29.3. The summed E-state index contributed by atoms with van der Waals surface area (Å²) in [5.74, 6) is -5.92. The molecule has 19 heteroatoms. The number of primary amides is 1. The summed E-state index contributed by atoms with van der Waals surface area (Å²) in [6, 6.07) is 12.4. The summed E-state index contributed by atoms with van der Waals surface area (Å²) in [5.41, 5.74) is 9.11. The van der Waals surface area contributed by atoms with E-state index >= 15 is 0 Å². The molecular formula is C34H43N9O10. The SMILES string of the molecule is C[C@H](NC(=O)CNC(=O)[C@H](C)NC(=O)CNC(=O)[C@H](C)NC(=O)OCC1c2ccccc2-c2ccccc21)C(=O)NCC(=O)NCC(=O)NCC(N)=O. The van der Waals surface area contributed by atoms with Gasteiger partial charge in [0.25, 0.3) is 0 Å². The molecule has 284 valence electrons. The van der Waals surface area contributed by atoms with E-state index in [-0.39, 0.29) is 12.5 Å². The van der Waals surface area contributed by atoms with Crippen molar-refractivity contribution in [1.82, 2.24) is 42.5 Å². The van der Waals surface area contributed by atoms with Crippen molar-refractivity contribution < 1.29 is 47.9 Å². The minimum absolute atomic E-state index is 0.0549. The van der Waals surface area contributed by atoms with Gasteiger partial charge in [0.2, 0.25) is 47.3 Å². The maximum Gasteiger partial charge on any atom is 0.407 e. The molecule has 0 radical (unpaired) electrons. The quantitative estimate of drug-likeness (QED) is 0.0747. The van der Waals surface area contributed by atoms with Crippen LogP contribution in [0, 0.1) is 0 Å². The molecule has 0 spiro atoms. The summed E-state index contributed by atoms with van der Waals surface area (Å²) in [6.07, 6.45) is -0.811. The third-order valence-corrected chi connectivity index (χ3v) is 7.79. The highest BCUT2D eigenvalue weighted by Gasteiger charge is 2.29. The first-order chi connectivity index (χ1) is 25.2. The van der Waals surface area contributed by atoms with Crippen LogP contribution in [0.4, 0.5) is 4.79 Å². The number of carbonyl (C=O) groups excluding carboxylic acids is 9. The monoisotopic (exact) mass is 737 g/mol. The third kappa shape index (κ3) is 12.9. The summed E-state index contributed by atoms with van der Waals surface area (Å²) in [5, 5.41) is 18.4. The number of hydrogen-bond acceptors (Lipinski definition) is 10. The van der Waals surface area contributed by atoms with Gasteiger partial charge in [-0.25, -0.2) is 4.79 Å². The van der Waals surface area contributed by atoms with Crippen LogP contribution in [0.2, 0.25) is 0 Å². The van der Waals surface area contributed by atoms with Gasteiger partial charge >= 0.3 is 6.09 Å². The van der Waals surface area contributed by atoms with Crippen molar-refractivity contribution >= 4 is 53.4 Å². The lowest BCUT2D eigenvalue weighted by molar-refractivity contribution is -0.132. The van der Waals surface area contributed by atoms with Gasteiger partial charge in [0.15, 0.2) is 0 Å². The van der Waals surface area contributed by atoms with Crippen LogP contribution in [0.3, 0.4) is 0 Å². The van der Waals surface area contributed by atoms with Gasteiger partial charge in [-0.05, 0) is 43.0 Å². The number of ether oxygens (including phenoxy) is 1. The van der Waals surface area contributed by atoms with Crippen molar-refractivity contribution in [2.75, 3.05) is 39.3 Å². The fraction of sp³-hybridized carbons (Fsp3) is 0.382. The van der Waals surface area contributed by atoms with Crippen molar-refractivity contribution in [3.05, 3.63) is 59.7 Å². The largest absolute Gasteiger partial charge is 0.449 e. The van der Waals surface area contributed by atoms with Gasteiger partial charge in [0.1, 0.15) is 24.7 Å². The lowest BCUT2D eigenvalue weighted by Gasteiger charge is -2.18. The van der Waals surface area contributed by atoms with Crippen LogP contribution in [0.5, 0.6) is 0 Å². The Hall–Kier alpha value is -6.53. The van der Waals surface area contributed by atoms with Crippen molar-refractivity contribution in [3.8, 4) is 11.1 Å². The highest BCUT2D eigenvalue weighted by Crippen LogP contribution is 2.44. The topological polar surface area (TPSA) is 285 Å². The number of benzene rings is 2. The van der Waals surface area contributed by atoms with Crippen LogP contribution in [-0.4, -0.2) is 111 Å². The number of hydrogen-bond donors (Lipinski definition) is 9. The molecule has 3 atom stereocenters. The summed E-state index contributed by atoms with van der Waals surface area (Å²) in [6.45, 7) is 1.72. The molecule has 1 aliphatic rings. The standard InChI is InChI=1S/C34H43N9O10/c1-18(31(49)38-14-28(46)37-13-27(45)36-12-26(35)44)41-29(47)15-39-32(50)19(2)42-30(48)16-40-33(51)20(3)43-34(52)53-17-25-23-10-6-4-8-21(23)22-9-5-7-11-24(22)25/h4-11,18-20,25H,12-17H2,1-3H3,(H2,35,44)(H,36,45)(H,37,46)(H,38,49)(H,39,50)(H,40,51)(H,41,47)(H,42,48)(H,43,52)/t18-,19-,20-/m0/s1. The Morgan fingerprint density at radius 3 is 1.38 bits per heavy atom. The van der Waals surface area contributed by atoms with Crippen LogP contribution in [0.15, 0.2) is 48.5 Å². The maximum atomic E-state index is 12.5. The molecule has 0 saturated carbocycles. The average Bonchev–Trinajstić information content (AvgIpc) is 3.45. The Kier molecular flexibility index (Phi) is 15.2. The van der Waals surface area contributed by atoms with E-state index in [1.807, 2.05) is 48.5 Å². The van der Waals surface area contributed by atoms with Crippen LogP contribution in [-0.2, 0) is 43.1 Å². The van der Waals surface area contributed by atoms with Gasteiger partial charge in [-0.15, -0.1) is 0 Å². The Morgan fingerprint density at radius 2 is 0.925 bits per heavy atom. The van der Waals surface area contributed by atoms with Gasteiger partial charge in [0, 0.05) is 5.92 Å². The van der Waals surface area contributed by atoms with E-state index in [4.69, 9.17) is 10.5 Å². The summed E-state index contributed by atoms with van der Waals surface area (Å²) >= 11 is 0. The molecule has 10 N–H and O–H groups in total. The molecule has 0 bridgehead atoms. The molecule has 19 nitrogen and oxygen atoms in total. The molecule has 9 amide bonds. The van der Waals surface area contributed by atoms with Crippen molar-refractivity contribution in [2.45, 2.75) is 44.8 Å². The molecule has 53 heavy (non-hydrogen) atoms. The van der Waals surface area contributed by atoms with E-state index < -0.39 is 104 Å². The van der Waals surface area contributed by atoms with Crippen molar-refractivity contribution in [2.24, 2.45) is 5.73 Å². The predicted octanol–water partition coefficient (Wildman–Crippen LogP) is -3.01. The summed E-state index contributed by atoms with van der Waals surface area (Å²) in [7, 11) is 0. The van der Waals surface area contributed by atoms with Gasteiger partial charge < -0.3 is 53.0 Å². The maximum absolute atomic E-state index is 12.5. The highest BCUT2D eigenvalue weighted by molar-refractivity contribution is 5.95. The second-order valence-electron chi connectivity index (χ2n) is 11.9. The highest BCUT2D eigenvalue weighted by atomic mass is 16.5. The number of nitrogens with two attached hydrogens (primary N) is 1. The normalized spacial score (nSPS) is 13.0. The van der Waals surface area contributed by atoms with Gasteiger partial charge in [-0.2, -0.15) is 0 Å². The fourth-order valence-electron chi connectivity index (χ4n) is 5.05. The van der Waals surface area contributed by atoms with E-state index in [2.05, 4.69) is 42.5 Å². The van der Waals surface area contributed by atoms with E-state index in [9.17, 15) is 43.2 Å². The average molecular weight is 738 g/mol. The van der Waals surface area contributed by atoms with E-state index in [0.717, 1.165) is 22.3 Å². The number of carbonyl (C=O) groups is 9. The lowest BCUT2D eigenvalue weighted by Crippen LogP contribution is -2.53. The minimum Gasteiger partial charge on any atom is -0.449 e. The lowest BCUT2D eigenvalue weighted by atomic mass is 9.98. The second kappa shape index (κ2) is 19.8. The Balaban J connectivity index is 1.29. The fourth-order valence-corrected chi connectivity index (χ4v) is 5.05. The number of fused-ring (bicyclic) bond motifs is 3. The molecular weight excluding hydrogens is 694 g/mol. The molecule has 2 aromatic rings. The van der Waals surface area contributed by atoms with Gasteiger partial charge in [-0.1, -0.05) is 48.5 Å². The van der Waals surface area contributed by atoms with Crippen molar-refractivity contribution in [3.63, 3.8) is 0 Å². The Bertz CT molecular complexity index is 1690. The van der Waals surface area contributed by atoms with E-state index in [1.54, 1.807) is 0 Å². The first-order valence-corrected chi connectivity index (χ1v) is 16.5. The van der Waals surface area contributed by atoms with E-state index in [1.165, 1.54) is 20.8 Å². The molecule has 1 aliphatic carbocycles. The van der Waals surface area contributed by atoms with Crippen LogP contribution in [0.1, 0.15) is 37.8 Å². The molecule has 0 heterocycles. The molecule has 0 aromatic heterocycles. The summed E-state index contributed by atoms with van der Waals surface area (Å²) in [4.78, 5) is 108. The van der Waals surface area contributed by atoms with Crippen LogP contribution < -0.4 is 48.3 Å². The predicted molar refractivity (Wildman–Crippen MR) is 187 cm³/mol. The smallest absolute Gasteiger partial charge is 0.407 e. The van der Waals surface area contributed by atoms with Crippen LogP contribution >= 0.6 is 0 Å². The van der Waals surface area contributed by atoms with E-state index in [0.29, 0.717) is 0 Å². The minimum atomic E-state index is -1.11. The Morgan fingerprint density at radius 1 is 0.547 bits per heavy atom. The molecule has 0 aliphatic heterocycles. The van der Waals surface area contributed by atoms with Crippen molar-refractivity contribution in [1.29, 1.82) is 0 Å². The van der Waals surface area contributed by atoms with Gasteiger partial charge in [0.05, 0.1) is 32.7 Å². The number of alkyl carbamates (subject to hydrolysis) is 1. The summed E-state index contributed by atoms with van der Waals surface area (Å²) < 4.78 is 5.45. The number of amides is 9. The Labute approximate surface area is 304 Å².